The highest BCUT2D eigenvalue weighted by Gasteiger charge is 2.24. The van der Waals surface area contributed by atoms with E-state index in [0.29, 0.717) is 17.6 Å². The lowest BCUT2D eigenvalue weighted by Gasteiger charge is -2.14. The third-order valence-electron chi connectivity index (χ3n) is 11.2. The standard InChI is InChI=1S/C52H32N6S/c1-3-16-33(17-4-1)37-22-7-8-25-42(37)50-54-49(34-18-5-2-6-19-34)55-52(56-50)58-45-28-13-10-24-39(45)41-31-30-40-38-23-9-12-27-44(38)57(47(40)48(41)58)36-21-15-20-35(32-36)51-53-43-26-11-14-29-46(43)59-51/h1-32H. The number of aromatic nitrogens is 6. The molecule has 0 fully saturated rings. The van der Waals surface area contributed by atoms with Gasteiger partial charge < -0.3 is 4.57 Å². The van der Waals surface area contributed by atoms with Crippen LogP contribution in [0, 0.1) is 0 Å². The Kier molecular flexibility index (Phi) is 7.61. The molecule has 59 heavy (non-hydrogen) atoms. The summed E-state index contributed by atoms with van der Waals surface area (Å²) in [7, 11) is 0. The van der Waals surface area contributed by atoms with Gasteiger partial charge in [0.2, 0.25) is 5.95 Å². The van der Waals surface area contributed by atoms with E-state index < -0.39 is 0 Å². The van der Waals surface area contributed by atoms with Crippen molar-refractivity contribution >= 4 is 65.2 Å². The molecular weight excluding hydrogens is 741 g/mol. The van der Waals surface area contributed by atoms with Crippen LogP contribution in [0.15, 0.2) is 194 Å². The topological polar surface area (TPSA) is 61.4 Å². The summed E-state index contributed by atoms with van der Waals surface area (Å²) in [6.45, 7) is 0. The first-order chi connectivity index (χ1) is 29.3. The molecule has 0 atom stereocenters. The van der Waals surface area contributed by atoms with Gasteiger partial charge in [-0.2, -0.15) is 9.97 Å². The van der Waals surface area contributed by atoms with Crippen molar-refractivity contribution in [1.82, 2.24) is 29.1 Å². The van der Waals surface area contributed by atoms with Crippen LogP contribution >= 0.6 is 11.3 Å². The summed E-state index contributed by atoms with van der Waals surface area (Å²) in [6.07, 6.45) is 0. The fourth-order valence-corrected chi connectivity index (χ4v) is 9.56. The Morgan fingerprint density at radius 1 is 0.373 bits per heavy atom. The number of fused-ring (bicyclic) bond motifs is 8. The molecule has 0 bridgehead atoms. The minimum absolute atomic E-state index is 0.551. The van der Waals surface area contributed by atoms with E-state index in [2.05, 4.69) is 173 Å². The first-order valence-electron chi connectivity index (χ1n) is 19.7. The van der Waals surface area contributed by atoms with Gasteiger partial charge in [0, 0.05) is 43.9 Å². The lowest BCUT2D eigenvalue weighted by molar-refractivity contribution is 0.953. The van der Waals surface area contributed by atoms with Gasteiger partial charge in [-0.3, -0.25) is 4.57 Å². The van der Waals surface area contributed by atoms with Crippen LogP contribution in [0.1, 0.15) is 0 Å². The SMILES string of the molecule is c1ccc(-c2nc(-c3ccccc3-c3ccccc3)nc(-n3c4ccccc4c4ccc5c6ccccc6n(-c6cccc(-c7nc8ccccc8s7)c6)c5c43)n2)cc1. The third-order valence-corrected chi connectivity index (χ3v) is 12.3. The molecule has 0 aliphatic rings. The van der Waals surface area contributed by atoms with Gasteiger partial charge in [0.15, 0.2) is 11.6 Å². The Hall–Kier alpha value is -7.74. The van der Waals surface area contributed by atoms with Crippen molar-refractivity contribution in [3.63, 3.8) is 0 Å². The van der Waals surface area contributed by atoms with Gasteiger partial charge in [-0.25, -0.2) is 9.97 Å². The van der Waals surface area contributed by atoms with Crippen molar-refractivity contribution < 1.29 is 0 Å². The minimum Gasteiger partial charge on any atom is -0.307 e. The molecular formula is C52H32N6S. The molecule has 0 amide bonds. The molecule has 0 radical (unpaired) electrons. The molecule has 0 spiro atoms. The van der Waals surface area contributed by atoms with E-state index in [-0.39, 0.29) is 0 Å². The zero-order valence-electron chi connectivity index (χ0n) is 31.6. The van der Waals surface area contributed by atoms with Gasteiger partial charge in [0.05, 0.1) is 32.3 Å². The fraction of sp³-hybridized carbons (Fsp3) is 0. The van der Waals surface area contributed by atoms with Gasteiger partial charge in [0.25, 0.3) is 0 Å². The molecule has 4 heterocycles. The molecule has 6 nitrogen and oxygen atoms in total. The number of hydrogen-bond acceptors (Lipinski definition) is 5. The van der Waals surface area contributed by atoms with Crippen molar-refractivity contribution in [2.75, 3.05) is 0 Å². The zero-order valence-corrected chi connectivity index (χ0v) is 32.4. The first-order valence-corrected chi connectivity index (χ1v) is 20.5. The van der Waals surface area contributed by atoms with Gasteiger partial charge in [0.1, 0.15) is 5.01 Å². The molecule has 7 heteroatoms. The average molecular weight is 773 g/mol. The Morgan fingerprint density at radius 3 is 1.69 bits per heavy atom. The van der Waals surface area contributed by atoms with Crippen molar-refractivity contribution in [1.29, 1.82) is 0 Å². The lowest BCUT2D eigenvalue weighted by atomic mass is 9.99. The Labute approximate surface area is 343 Å². The molecule has 0 aliphatic heterocycles. The van der Waals surface area contributed by atoms with Crippen molar-refractivity contribution in [2.45, 2.75) is 0 Å². The van der Waals surface area contributed by atoms with Crippen LogP contribution in [0.25, 0.3) is 110 Å². The molecule has 4 aromatic heterocycles. The number of para-hydroxylation sites is 3. The fourth-order valence-electron chi connectivity index (χ4n) is 8.60. The number of nitrogens with zero attached hydrogens (tertiary/aromatic N) is 6. The highest BCUT2D eigenvalue weighted by Crippen LogP contribution is 2.42. The van der Waals surface area contributed by atoms with Crippen molar-refractivity contribution in [3.05, 3.63) is 194 Å². The molecule has 0 saturated carbocycles. The molecule has 276 valence electrons. The van der Waals surface area contributed by atoms with Gasteiger partial charge in [-0.15, -0.1) is 11.3 Å². The average Bonchev–Trinajstić information content (AvgIpc) is 4.00. The van der Waals surface area contributed by atoms with E-state index in [4.69, 9.17) is 19.9 Å². The molecule has 0 unspecified atom stereocenters. The van der Waals surface area contributed by atoms with E-state index >= 15 is 0 Å². The van der Waals surface area contributed by atoms with Crippen molar-refractivity contribution in [3.8, 4) is 56.1 Å². The second-order valence-electron chi connectivity index (χ2n) is 14.7. The van der Waals surface area contributed by atoms with E-state index in [1.165, 1.54) is 10.1 Å². The van der Waals surface area contributed by atoms with Crippen LogP contribution in [0.5, 0.6) is 0 Å². The first kappa shape index (κ1) is 33.4. The number of thiazole rings is 1. The van der Waals surface area contributed by atoms with E-state index in [0.717, 1.165) is 82.3 Å². The number of benzene rings is 8. The largest absolute Gasteiger partial charge is 0.307 e. The van der Waals surface area contributed by atoms with Crippen LogP contribution in [0.3, 0.4) is 0 Å². The van der Waals surface area contributed by atoms with E-state index in [9.17, 15) is 0 Å². The lowest BCUT2D eigenvalue weighted by Crippen LogP contribution is -2.07. The van der Waals surface area contributed by atoms with Crippen molar-refractivity contribution in [2.24, 2.45) is 0 Å². The highest BCUT2D eigenvalue weighted by atomic mass is 32.1. The molecule has 8 aromatic carbocycles. The molecule has 0 N–H and O–H groups in total. The Bertz CT molecular complexity index is 3530. The van der Waals surface area contributed by atoms with E-state index in [1.54, 1.807) is 11.3 Å². The molecule has 0 saturated heterocycles. The third kappa shape index (κ3) is 5.40. The summed E-state index contributed by atoms with van der Waals surface area (Å²) in [6, 6.07) is 67.9. The van der Waals surface area contributed by atoms with Crippen LogP contribution in [-0.2, 0) is 0 Å². The summed E-state index contributed by atoms with van der Waals surface area (Å²) in [5.74, 6) is 1.77. The zero-order chi connectivity index (χ0) is 38.9. The van der Waals surface area contributed by atoms with Crippen LogP contribution in [-0.4, -0.2) is 29.1 Å². The predicted molar refractivity (Wildman–Crippen MR) is 243 cm³/mol. The monoisotopic (exact) mass is 772 g/mol. The molecule has 12 aromatic rings. The summed E-state index contributed by atoms with van der Waals surface area (Å²) in [5, 5.41) is 5.55. The van der Waals surface area contributed by atoms with Crippen LogP contribution in [0.2, 0.25) is 0 Å². The smallest absolute Gasteiger partial charge is 0.238 e. The number of rotatable bonds is 6. The second kappa shape index (κ2) is 13.4. The molecule has 0 aliphatic carbocycles. The summed E-state index contributed by atoms with van der Waals surface area (Å²) in [4.78, 5) is 21.0. The minimum atomic E-state index is 0.551. The summed E-state index contributed by atoms with van der Waals surface area (Å²) < 4.78 is 5.83. The van der Waals surface area contributed by atoms with Crippen LogP contribution < -0.4 is 0 Å². The number of hydrogen-bond donors (Lipinski definition) is 0. The van der Waals surface area contributed by atoms with Crippen LogP contribution in [0.4, 0.5) is 0 Å². The summed E-state index contributed by atoms with van der Waals surface area (Å²) in [5.41, 5.74) is 11.4. The van der Waals surface area contributed by atoms with E-state index in [1.807, 2.05) is 30.3 Å². The quantitative estimate of drug-likeness (QED) is 0.169. The molecule has 12 rings (SSSR count). The predicted octanol–water partition coefficient (Wildman–Crippen LogP) is 13.3. The van der Waals surface area contributed by atoms with Gasteiger partial charge >= 0.3 is 0 Å². The second-order valence-corrected chi connectivity index (χ2v) is 15.7. The summed E-state index contributed by atoms with van der Waals surface area (Å²) >= 11 is 1.72. The Balaban J connectivity index is 1.18. The normalized spacial score (nSPS) is 11.7. The maximum absolute atomic E-state index is 5.42. The maximum Gasteiger partial charge on any atom is 0.238 e. The Morgan fingerprint density at radius 2 is 0.949 bits per heavy atom. The van der Waals surface area contributed by atoms with Gasteiger partial charge in [-0.05, 0) is 47.5 Å². The van der Waals surface area contributed by atoms with Gasteiger partial charge in [-0.1, -0.05) is 158 Å². The highest BCUT2D eigenvalue weighted by molar-refractivity contribution is 7.21. The maximum atomic E-state index is 5.42.